The van der Waals surface area contributed by atoms with Crippen molar-refractivity contribution in [3.05, 3.63) is 59.2 Å². The van der Waals surface area contributed by atoms with E-state index < -0.39 is 35.7 Å². The van der Waals surface area contributed by atoms with Crippen molar-refractivity contribution in [1.82, 2.24) is 0 Å². The van der Waals surface area contributed by atoms with Crippen molar-refractivity contribution in [2.75, 3.05) is 16.8 Å². The van der Waals surface area contributed by atoms with Gasteiger partial charge < -0.3 is 5.32 Å². The highest BCUT2D eigenvalue weighted by Crippen LogP contribution is 2.23. The first-order valence-electron chi connectivity index (χ1n) is 7.39. The number of aryl methyl sites for hydroxylation is 2. The van der Waals surface area contributed by atoms with Crippen LogP contribution in [0.3, 0.4) is 0 Å². The Balaban J connectivity index is 2.20. The third-order valence-electron chi connectivity index (χ3n) is 3.68. The van der Waals surface area contributed by atoms with E-state index in [0.717, 1.165) is 35.1 Å². The summed E-state index contributed by atoms with van der Waals surface area (Å²) in [6.45, 7) is 4.51. The molecule has 2 rings (SSSR count). The van der Waals surface area contributed by atoms with Crippen LogP contribution in [0.4, 0.5) is 20.2 Å². The lowest BCUT2D eigenvalue weighted by molar-refractivity contribution is -0.120. The van der Waals surface area contributed by atoms with Gasteiger partial charge in [0.25, 0.3) is 0 Å². The number of carbonyl (C=O) groups excluding carboxylic acids is 2. The molecule has 0 aliphatic heterocycles. The van der Waals surface area contributed by atoms with E-state index in [1.807, 2.05) is 19.9 Å². The van der Waals surface area contributed by atoms with Gasteiger partial charge >= 0.3 is 0 Å². The Bertz CT molecular complexity index is 770. The van der Waals surface area contributed by atoms with E-state index in [9.17, 15) is 18.4 Å². The average Bonchev–Trinajstić information content (AvgIpc) is 2.49. The van der Waals surface area contributed by atoms with E-state index in [1.54, 1.807) is 12.1 Å². The summed E-state index contributed by atoms with van der Waals surface area (Å²) in [6.07, 6.45) is 0. The average molecular weight is 332 g/mol. The Labute approximate surface area is 139 Å². The zero-order chi connectivity index (χ0) is 17.9. The summed E-state index contributed by atoms with van der Waals surface area (Å²) >= 11 is 0. The van der Waals surface area contributed by atoms with Gasteiger partial charge in [0.2, 0.25) is 11.8 Å². The second kappa shape index (κ2) is 7.21. The molecule has 0 aromatic heterocycles. The van der Waals surface area contributed by atoms with E-state index in [2.05, 4.69) is 5.32 Å². The van der Waals surface area contributed by atoms with Crippen molar-refractivity contribution >= 4 is 23.2 Å². The molecule has 0 radical (unpaired) electrons. The first kappa shape index (κ1) is 17.6. The summed E-state index contributed by atoms with van der Waals surface area (Å²) in [5.74, 6) is -2.97. The van der Waals surface area contributed by atoms with Gasteiger partial charge in [-0.05, 0) is 49.2 Å². The van der Waals surface area contributed by atoms with Crippen molar-refractivity contribution in [3.63, 3.8) is 0 Å². The third-order valence-corrected chi connectivity index (χ3v) is 3.68. The molecule has 0 fully saturated rings. The molecular formula is C18H18F2N2O2. The highest BCUT2D eigenvalue weighted by molar-refractivity contribution is 6.02. The first-order chi connectivity index (χ1) is 11.3. The van der Waals surface area contributed by atoms with Gasteiger partial charge in [-0.15, -0.1) is 0 Å². The standard InChI is InChI=1S/C18H18F2N2O2/c1-11-7-8-14(9-12(11)2)21-17(24)10-22(13(3)23)18-15(19)5-4-6-16(18)20/h4-9H,10H2,1-3H3,(H,21,24). The highest BCUT2D eigenvalue weighted by atomic mass is 19.1. The number of amides is 2. The minimum absolute atomic E-state index is 0.486. The Kier molecular flexibility index (Phi) is 5.28. The van der Waals surface area contributed by atoms with E-state index in [-0.39, 0.29) is 0 Å². The Morgan fingerprint density at radius 3 is 2.21 bits per heavy atom. The van der Waals surface area contributed by atoms with Crippen molar-refractivity contribution in [2.24, 2.45) is 0 Å². The molecule has 0 unspecified atom stereocenters. The largest absolute Gasteiger partial charge is 0.325 e. The number of benzene rings is 2. The molecule has 0 bridgehead atoms. The SMILES string of the molecule is CC(=O)N(CC(=O)Nc1ccc(C)c(C)c1)c1c(F)cccc1F. The van der Waals surface area contributed by atoms with E-state index in [1.165, 1.54) is 6.07 Å². The molecule has 2 aromatic rings. The molecule has 6 heteroatoms. The van der Waals surface area contributed by atoms with Crippen LogP contribution in [-0.4, -0.2) is 18.4 Å². The molecule has 0 aliphatic carbocycles. The molecule has 4 nitrogen and oxygen atoms in total. The maximum atomic E-state index is 13.9. The quantitative estimate of drug-likeness (QED) is 0.930. The van der Waals surface area contributed by atoms with Crippen LogP contribution in [0.25, 0.3) is 0 Å². The number of hydrogen-bond acceptors (Lipinski definition) is 2. The Hall–Kier alpha value is -2.76. The summed E-state index contributed by atoms with van der Waals surface area (Å²) < 4.78 is 27.7. The predicted octanol–water partition coefficient (Wildman–Crippen LogP) is 3.57. The maximum Gasteiger partial charge on any atom is 0.244 e. The fourth-order valence-electron chi connectivity index (χ4n) is 2.26. The number of para-hydroxylation sites is 1. The lowest BCUT2D eigenvalue weighted by Crippen LogP contribution is -2.37. The van der Waals surface area contributed by atoms with Gasteiger partial charge in [0.15, 0.2) is 0 Å². The van der Waals surface area contributed by atoms with Crippen molar-refractivity contribution in [1.29, 1.82) is 0 Å². The molecule has 2 aromatic carbocycles. The van der Waals surface area contributed by atoms with E-state index in [4.69, 9.17) is 0 Å². The zero-order valence-corrected chi connectivity index (χ0v) is 13.7. The van der Waals surface area contributed by atoms with Crippen molar-refractivity contribution in [2.45, 2.75) is 20.8 Å². The van der Waals surface area contributed by atoms with Gasteiger partial charge in [-0.25, -0.2) is 8.78 Å². The lowest BCUT2D eigenvalue weighted by atomic mass is 10.1. The predicted molar refractivity (Wildman–Crippen MR) is 88.9 cm³/mol. The molecular weight excluding hydrogens is 314 g/mol. The van der Waals surface area contributed by atoms with E-state index in [0.29, 0.717) is 5.69 Å². The number of nitrogens with zero attached hydrogens (tertiary/aromatic N) is 1. The van der Waals surface area contributed by atoms with E-state index >= 15 is 0 Å². The first-order valence-corrected chi connectivity index (χ1v) is 7.39. The van der Waals surface area contributed by atoms with Crippen molar-refractivity contribution in [3.8, 4) is 0 Å². The third kappa shape index (κ3) is 3.95. The molecule has 0 saturated heterocycles. The molecule has 126 valence electrons. The van der Waals surface area contributed by atoms with Crippen LogP contribution in [0.15, 0.2) is 36.4 Å². The molecule has 0 atom stereocenters. The fraction of sp³-hybridized carbons (Fsp3) is 0.222. The summed E-state index contributed by atoms with van der Waals surface area (Å²) in [7, 11) is 0. The second-order valence-corrected chi connectivity index (χ2v) is 5.52. The zero-order valence-electron chi connectivity index (χ0n) is 13.7. The minimum Gasteiger partial charge on any atom is -0.325 e. The van der Waals surface area contributed by atoms with Crippen LogP contribution >= 0.6 is 0 Å². The topological polar surface area (TPSA) is 49.4 Å². The maximum absolute atomic E-state index is 13.9. The lowest BCUT2D eigenvalue weighted by Gasteiger charge is -2.21. The van der Waals surface area contributed by atoms with Gasteiger partial charge in [-0.1, -0.05) is 12.1 Å². The van der Waals surface area contributed by atoms with Gasteiger partial charge in [-0.3, -0.25) is 14.5 Å². The summed E-state index contributed by atoms with van der Waals surface area (Å²) in [4.78, 5) is 24.7. The van der Waals surface area contributed by atoms with Crippen molar-refractivity contribution < 1.29 is 18.4 Å². The molecule has 2 amide bonds. The van der Waals surface area contributed by atoms with Crippen LogP contribution in [0.5, 0.6) is 0 Å². The van der Waals surface area contributed by atoms with Crippen LogP contribution in [0.1, 0.15) is 18.1 Å². The normalized spacial score (nSPS) is 10.4. The number of halogens is 2. The number of rotatable bonds is 4. The number of hydrogen-bond donors (Lipinski definition) is 1. The summed E-state index contributed by atoms with van der Waals surface area (Å²) in [5.41, 5.74) is 2.10. The second-order valence-electron chi connectivity index (χ2n) is 5.52. The molecule has 1 N–H and O–H groups in total. The van der Waals surface area contributed by atoms with Gasteiger partial charge in [0.05, 0.1) is 0 Å². The Morgan fingerprint density at radius 2 is 1.67 bits per heavy atom. The number of anilines is 2. The van der Waals surface area contributed by atoms with Crippen LogP contribution in [0.2, 0.25) is 0 Å². The minimum atomic E-state index is -0.899. The summed E-state index contributed by atoms with van der Waals surface area (Å²) in [5, 5.41) is 2.63. The molecule has 0 spiro atoms. The molecule has 0 aliphatic rings. The Morgan fingerprint density at radius 1 is 1.04 bits per heavy atom. The van der Waals surface area contributed by atoms with Gasteiger partial charge in [0.1, 0.15) is 23.9 Å². The molecule has 24 heavy (non-hydrogen) atoms. The molecule has 0 saturated carbocycles. The van der Waals surface area contributed by atoms with Crippen LogP contribution in [-0.2, 0) is 9.59 Å². The molecule has 0 heterocycles. The van der Waals surface area contributed by atoms with Gasteiger partial charge in [0, 0.05) is 12.6 Å². The fourth-order valence-corrected chi connectivity index (χ4v) is 2.26. The smallest absolute Gasteiger partial charge is 0.244 e. The van der Waals surface area contributed by atoms with Crippen LogP contribution in [0, 0.1) is 25.5 Å². The summed E-state index contributed by atoms with van der Waals surface area (Å²) in [6, 6.07) is 8.63. The van der Waals surface area contributed by atoms with Crippen LogP contribution < -0.4 is 10.2 Å². The highest BCUT2D eigenvalue weighted by Gasteiger charge is 2.22. The number of nitrogens with one attached hydrogen (secondary N) is 1. The monoisotopic (exact) mass is 332 g/mol. The number of carbonyl (C=O) groups is 2. The van der Waals surface area contributed by atoms with Gasteiger partial charge in [-0.2, -0.15) is 0 Å².